The van der Waals surface area contributed by atoms with Crippen molar-refractivity contribution in [3.63, 3.8) is 0 Å². The zero-order chi connectivity index (χ0) is 20.3. The zero-order valence-corrected chi connectivity index (χ0v) is 18.5. The third kappa shape index (κ3) is 4.31. The number of carbonyl (C=O) groups is 1. The van der Waals surface area contributed by atoms with Gasteiger partial charge in [0.15, 0.2) is 0 Å². The molecule has 0 saturated carbocycles. The van der Waals surface area contributed by atoms with Crippen LogP contribution in [0.3, 0.4) is 0 Å². The van der Waals surface area contributed by atoms with E-state index in [1.807, 2.05) is 18.0 Å². The Balaban J connectivity index is 0.000000403. The van der Waals surface area contributed by atoms with E-state index >= 15 is 0 Å². The predicted octanol–water partition coefficient (Wildman–Crippen LogP) is 4.96. The van der Waals surface area contributed by atoms with E-state index in [2.05, 4.69) is 83.4 Å². The first-order chi connectivity index (χ1) is 13.4. The summed E-state index contributed by atoms with van der Waals surface area (Å²) in [6, 6.07) is 15.3. The van der Waals surface area contributed by atoms with Gasteiger partial charge in [-0.1, -0.05) is 59.6 Å². The number of benzene rings is 2. The molecule has 2 N–H and O–H groups in total. The Morgan fingerprint density at radius 2 is 2.00 bits per heavy atom. The fourth-order valence-corrected chi connectivity index (χ4v) is 3.95. The molecular formula is C23H28BrN3O. The van der Waals surface area contributed by atoms with Crippen LogP contribution in [0.2, 0.25) is 0 Å². The first-order valence-corrected chi connectivity index (χ1v) is 10.5. The number of rotatable bonds is 3. The normalized spacial score (nSPS) is 15.9. The first kappa shape index (κ1) is 20.6. The van der Waals surface area contributed by atoms with E-state index in [0.29, 0.717) is 6.04 Å². The molecule has 3 aromatic rings. The maximum absolute atomic E-state index is 11.6. The van der Waals surface area contributed by atoms with Crippen LogP contribution in [0.5, 0.6) is 0 Å². The molecule has 2 heterocycles. The van der Waals surface area contributed by atoms with E-state index in [9.17, 15) is 4.79 Å². The summed E-state index contributed by atoms with van der Waals surface area (Å²) in [5.74, 6) is 0. The van der Waals surface area contributed by atoms with E-state index in [4.69, 9.17) is 0 Å². The summed E-state index contributed by atoms with van der Waals surface area (Å²) in [7, 11) is 1.95. The Morgan fingerprint density at radius 1 is 1.25 bits per heavy atom. The number of nitrogens with zero attached hydrogens (tertiary/aromatic N) is 1. The number of carbonyl (C=O) groups excluding carboxylic acids is 1. The molecule has 1 amide bonds. The molecule has 1 aliphatic rings. The van der Waals surface area contributed by atoms with Crippen molar-refractivity contribution < 1.29 is 4.79 Å². The second-order valence-electron chi connectivity index (χ2n) is 7.56. The lowest BCUT2D eigenvalue weighted by Crippen LogP contribution is -2.35. The number of halogens is 1. The summed E-state index contributed by atoms with van der Waals surface area (Å²) in [6.07, 6.45) is 1.85. The second kappa shape index (κ2) is 8.93. The quantitative estimate of drug-likeness (QED) is 0.564. The van der Waals surface area contributed by atoms with Gasteiger partial charge in [0.05, 0.1) is 6.04 Å². The van der Waals surface area contributed by atoms with Gasteiger partial charge in [0.1, 0.15) is 0 Å². The fourth-order valence-electron chi connectivity index (χ4n) is 3.59. The molecule has 4 rings (SSSR count). The highest BCUT2D eigenvalue weighted by molar-refractivity contribution is 9.10. The lowest BCUT2D eigenvalue weighted by atomic mass is 9.92. The maximum Gasteiger partial charge on any atom is 0.210 e. The van der Waals surface area contributed by atoms with Gasteiger partial charge in [-0.2, -0.15) is 0 Å². The van der Waals surface area contributed by atoms with E-state index < -0.39 is 0 Å². The average Bonchev–Trinajstić information content (AvgIpc) is 3.05. The Labute approximate surface area is 175 Å². The van der Waals surface area contributed by atoms with Crippen LogP contribution >= 0.6 is 15.9 Å². The van der Waals surface area contributed by atoms with Gasteiger partial charge in [-0.15, -0.1) is 0 Å². The number of nitrogens with one attached hydrogen (secondary N) is 2. The lowest BCUT2D eigenvalue weighted by molar-refractivity contribution is -0.120. The van der Waals surface area contributed by atoms with Crippen molar-refractivity contribution in [2.24, 2.45) is 0 Å². The van der Waals surface area contributed by atoms with Crippen LogP contribution in [0.25, 0.3) is 10.9 Å². The van der Waals surface area contributed by atoms with Gasteiger partial charge in [-0.05, 0) is 49.7 Å². The van der Waals surface area contributed by atoms with Crippen LogP contribution in [0, 0.1) is 6.92 Å². The van der Waals surface area contributed by atoms with Crippen molar-refractivity contribution in [3.8, 4) is 0 Å². The van der Waals surface area contributed by atoms with E-state index in [0.717, 1.165) is 40.6 Å². The molecule has 28 heavy (non-hydrogen) atoms. The minimum atomic E-state index is -0.0395. The standard InChI is InChI=1S/C19H17BrN2O.C4H11N/c1-12-3-2-4-13(9-12)19-18-15(7-8-22(19)11-23)16-10-14(20)5-6-17(16)21-18;1-4(2)5-3/h2-6,9-11,19,21H,7-8H2,1H3;4-5H,1-3H3. The van der Waals surface area contributed by atoms with Crippen LogP contribution in [0.1, 0.15) is 42.3 Å². The Hall–Kier alpha value is -2.11. The van der Waals surface area contributed by atoms with Crippen LogP contribution in [-0.2, 0) is 11.2 Å². The highest BCUT2D eigenvalue weighted by atomic mass is 79.9. The van der Waals surface area contributed by atoms with Gasteiger partial charge in [-0.25, -0.2) is 0 Å². The van der Waals surface area contributed by atoms with E-state index in [1.165, 1.54) is 16.5 Å². The number of H-pyrrole nitrogens is 1. The second-order valence-corrected chi connectivity index (χ2v) is 8.48. The Morgan fingerprint density at radius 3 is 2.64 bits per heavy atom. The van der Waals surface area contributed by atoms with Crippen molar-refractivity contribution >= 4 is 33.2 Å². The van der Waals surface area contributed by atoms with E-state index in [1.54, 1.807) is 0 Å². The molecule has 4 nitrogen and oxygen atoms in total. The number of amides is 1. The third-order valence-corrected chi connectivity index (χ3v) is 5.69. The monoisotopic (exact) mass is 441 g/mol. The highest BCUT2D eigenvalue weighted by Crippen LogP contribution is 2.38. The van der Waals surface area contributed by atoms with Crippen LogP contribution < -0.4 is 5.32 Å². The van der Waals surface area contributed by atoms with Crippen molar-refractivity contribution in [2.75, 3.05) is 13.6 Å². The number of hydrogen-bond acceptors (Lipinski definition) is 2. The summed E-state index contributed by atoms with van der Waals surface area (Å²) in [5.41, 5.74) is 5.96. The number of aryl methyl sites for hydroxylation is 1. The molecule has 1 aromatic heterocycles. The van der Waals surface area contributed by atoms with Gasteiger partial charge in [-0.3, -0.25) is 4.79 Å². The number of hydrogen-bond donors (Lipinski definition) is 2. The number of aromatic nitrogens is 1. The molecule has 1 unspecified atom stereocenters. The summed E-state index contributed by atoms with van der Waals surface area (Å²) < 4.78 is 1.08. The van der Waals surface area contributed by atoms with E-state index in [-0.39, 0.29) is 6.04 Å². The van der Waals surface area contributed by atoms with Crippen molar-refractivity contribution in [2.45, 2.75) is 39.3 Å². The third-order valence-electron chi connectivity index (χ3n) is 5.20. The minimum absolute atomic E-state index is 0.0395. The Bertz CT molecular complexity index is 964. The van der Waals surface area contributed by atoms with Crippen LogP contribution in [0.15, 0.2) is 46.9 Å². The van der Waals surface area contributed by atoms with Gasteiger partial charge in [0, 0.05) is 33.7 Å². The van der Waals surface area contributed by atoms with Crippen LogP contribution in [-0.4, -0.2) is 35.9 Å². The fraction of sp³-hybridized carbons (Fsp3) is 0.348. The molecule has 1 atom stereocenters. The van der Waals surface area contributed by atoms with Crippen molar-refractivity contribution in [3.05, 3.63) is 69.3 Å². The molecule has 0 bridgehead atoms. The predicted molar refractivity (Wildman–Crippen MR) is 120 cm³/mol. The summed E-state index contributed by atoms with van der Waals surface area (Å²) >= 11 is 3.56. The highest BCUT2D eigenvalue weighted by Gasteiger charge is 2.30. The summed E-state index contributed by atoms with van der Waals surface area (Å²) in [4.78, 5) is 17.1. The first-order valence-electron chi connectivity index (χ1n) is 9.69. The molecule has 5 heteroatoms. The Kier molecular flexibility index (Phi) is 6.57. The SMILES string of the molecule is CNC(C)C.Cc1cccc(C2c3[nH]c4ccc(Br)cc4c3CCN2C=O)c1. The molecule has 148 valence electrons. The van der Waals surface area contributed by atoms with Gasteiger partial charge in [0.2, 0.25) is 6.41 Å². The molecule has 0 spiro atoms. The smallest absolute Gasteiger partial charge is 0.210 e. The summed E-state index contributed by atoms with van der Waals surface area (Å²) in [5, 5.41) is 4.28. The molecular weight excluding hydrogens is 414 g/mol. The molecule has 0 saturated heterocycles. The number of aromatic amines is 1. The largest absolute Gasteiger partial charge is 0.356 e. The minimum Gasteiger partial charge on any atom is -0.356 e. The van der Waals surface area contributed by atoms with Gasteiger partial charge in [0.25, 0.3) is 0 Å². The average molecular weight is 442 g/mol. The molecule has 0 fully saturated rings. The van der Waals surface area contributed by atoms with Crippen LogP contribution in [0.4, 0.5) is 0 Å². The lowest BCUT2D eigenvalue weighted by Gasteiger charge is -2.33. The number of fused-ring (bicyclic) bond motifs is 3. The maximum atomic E-state index is 11.6. The van der Waals surface area contributed by atoms with Crippen molar-refractivity contribution in [1.82, 2.24) is 15.2 Å². The summed E-state index contributed by atoms with van der Waals surface area (Å²) in [6.45, 7) is 7.05. The van der Waals surface area contributed by atoms with Gasteiger partial charge < -0.3 is 15.2 Å². The van der Waals surface area contributed by atoms with Gasteiger partial charge >= 0.3 is 0 Å². The topological polar surface area (TPSA) is 48.1 Å². The van der Waals surface area contributed by atoms with Crippen molar-refractivity contribution in [1.29, 1.82) is 0 Å². The molecule has 0 radical (unpaired) electrons. The molecule has 1 aliphatic heterocycles. The zero-order valence-electron chi connectivity index (χ0n) is 16.9. The molecule has 0 aliphatic carbocycles. The molecule has 2 aromatic carbocycles.